The first-order valence-electron chi connectivity index (χ1n) is 5.28. The van der Waals surface area contributed by atoms with E-state index in [-0.39, 0.29) is 6.09 Å². The summed E-state index contributed by atoms with van der Waals surface area (Å²) in [6.45, 7) is 3.61. The van der Waals surface area contributed by atoms with Crippen LogP contribution in [0.15, 0.2) is 22.8 Å². The number of cyclic esters (lactones) is 1. The van der Waals surface area contributed by atoms with Crippen LogP contribution in [0.2, 0.25) is 0 Å². The number of rotatable bonds is 4. The highest BCUT2D eigenvalue weighted by Gasteiger charge is 2.40. The van der Waals surface area contributed by atoms with Gasteiger partial charge >= 0.3 is 6.09 Å². The number of carbonyl (C=O) groups excluding carboxylic acids is 1. The van der Waals surface area contributed by atoms with Crippen LogP contribution in [0.25, 0.3) is 0 Å². The Kier molecular flexibility index (Phi) is 2.87. The van der Waals surface area contributed by atoms with Crippen molar-refractivity contribution in [1.29, 1.82) is 0 Å². The fraction of sp³-hybridized carbons (Fsp3) is 0.545. The molecule has 2 heterocycles. The van der Waals surface area contributed by atoms with Crippen molar-refractivity contribution in [3.05, 3.63) is 24.2 Å². The smallest absolute Gasteiger partial charge is 0.410 e. The molecule has 5 nitrogen and oxygen atoms in total. The Morgan fingerprint density at radius 3 is 3.06 bits per heavy atom. The molecule has 88 valence electrons. The van der Waals surface area contributed by atoms with Gasteiger partial charge < -0.3 is 14.5 Å². The maximum atomic E-state index is 11.6. The van der Waals surface area contributed by atoms with Gasteiger partial charge in [-0.3, -0.25) is 4.90 Å². The molecule has 1 saturated heterocycles. The van der Waals surface area contributed by atoms with Crippen molar-refractivity contribution in [2.75, 3.05) is 20.1 Å². The van der Waals surface area contributed by atoms with Gasteiger partial charge in [0.25, 0.3) is 0 Å². The van der Waals surface area contributed by atoms with Gasteiger partial charge in [0, 0.05) is 6.54 Å². The lowest BCUT2D eigenvalue weighted by molar-refractivity contribution is 0.0728. The highest BCUT2D eigenvalue weighted by molar-refractivity contribution is 5.70. The van der Waals surface area contributed by atoms with Crippen molar-refractivity contribution in [2.24, 2.45) is 0 Å². The molecule has 0 radical (unpaired) electrons. The number of nitrogens with one attached hydrogen (secondary N) is 1. The van der Waals surface area contributed by atoms with Gasteiger partial charge in [-0.2, -0.15) is 0 Å². The quantitative estimate of drug-likeness (QED) is 0.835. The van der Waals surface area contributed by atoms with Gasteiger partial charge in [-0.25, -0.2) is 4.79 Å². The number of furan rings is 1. The lowest BCUT2D eigenvalue weighted by Crippen LogP contribution is -2.40. The molecule has 1 unspecified atom stereocenters. The van der Waals surface area contributed by atoms with Gasteiger partial charge in [-0.05, 0) is 26.1 Å². The van der Waals surface area contributed by atoms with E-state index in [2.05, 4.69) is 5.32 Å². The summed E-state index contributed by atoms with van der Waals surface area (Å²) in [7, 11) is 1.84. The molecule has 0 bridgehead atoms. The molecule has 1 amide bonds. The second-order valence-electron chi connectivity index (χ2n) is 4.28. The fourth-order valence-corrected chi connectivity index (χ4v) is 1.95. The summed E-state index contributed by atoms with van der Waals surface area (Å²) in [5.41, 5.74) is -0.446. The Morgan fingerprint density at radius 2 is 2.44 bits per heavy atom. The van der Waals surface area contributed by atoms with Gasteiger partial charge in [0.05, 0.1) is 19.4 Å². The third kappa shape index (κ3) is 2.19. The molecular weight excluding hydrogens is 208 g/mol. The summed E-state index contributed by atoms with van der Waals surface area (Å²) in [6.07, 6.45) is 1.32. The van der Waals surface area contributed by atoms with Crippen LogP contribution in [0.4, 0.5) is 4.79 Å². The minimum Gasteiger partial charge on any atom is -0.467 e. The number of likely N-dealkylation sites (N-methyl/N-ethyl adjacent to an activating group) is 1. The average Bonchev–Trinajstić information content (AvgIpc) is 2.77. The molecule has 0 aliphatic carbocycles. The number of carbonyl (C=O) groups is 1. The predicted molar refractivity (Wildman–Crippen MR) is 57.9 cm³/mol. The van der Waals surface area contributed by atoms with Crippen LogP contribution in [0.3, 0.4) is 0 Å². The summed E-state index contributed by atoms with van der Waals surface area (Å²) < 4.78 is 10.5. The van der Waals surface area contributed by atoms with Crippen LogP contribution in [0.5, 0.6) is 0 Å². The SMILES string of the molecule is CNCC1(C)CN(Cc2ccco2)C(=O)O1. The van der Waals surface area contributed by atoms with Crippen LogP contribution in [-0.4, -0.2) is 36.7 Å². The Balaban J connectivity index is 2.00. The molecule has 1 aromatic rings. The zero-order valence-corrected chi connectivity index (χ0v) is 9.53. The van der Waals surface area contributed by atoms with Crippen LogP contribution < -0.4 is 5.32 Å². The van der Waals surface area contributed by atoms with E-state index in [9.17, 15) is 4.79 Å². The Bertz CT molecular complexity index is 363. The number of amides is 1. The minimum absolute atomic E-state index is 0.283. The van der Waals surface area contributed by atoms with Crippen LogP contribution in [0.1, 0.15) is 12.7 Å². The number of ether oxygens (including phenoxy) is 1. The topological polar surface area (TPSA) is 54.7 Å². The van der Waals surface area contributed by atoms with E-state index >= 15 is 0 Å². The maximum absolute atomic E-state index is 11.6. The first-order valence-corrected chi connectivity index (χ1v) is 5.28. The second kappa shape index (κ2) is 4.17. The van der Waals surface area contributed by atoms with E-state index < -0.39 is 5.60 Å². The van der Waals surface area contributed by atoms with E-state index in [1.807, 2.05) is 26.1 Å². The molecule has 0 aromatic carbocycles. The van der Waals surface area contributed by atoms with Gasteiger partial charge in [-0.15, -0.1) is 0 Å². The number of hydrogen-bond donors (Lipinski definition) is 1. The molecule has 1 N–H and O–H groups in total. The number of hydrogen-bond acceptors (Lipinski definition) is 4. The fourth-order valence-electron chi connectivity index (χ4n) is 1.95. The zero-order chi connectivity index (χ0) is 11.6. The van der Waals surface area contributed by atoms with Crippen molar-refractivity contribution < 1.29 is 13.9 Å². The highest BCUT2D eigenvalue weighted by atomic mass is 16.6. The van der Waals surface area contributed by atoms with Gasteiger partial charge in [0.1, 0.15) is 11.4 Å². The largest absolute Gasteiger partial charge is 0.467 e. The van der Waals surface area contributed by atoms with Crippen LogP contribution in [0, 0.1) is 0 Å². The molecule has 0 spiro atoms. The van der Waals surface area contributed by atoms with E-state index in [4.69, 9.17) is 9.15 Å². The molecule has 0 saturated carbocycles. The molecule has 16 heavy (non-hydrogen) atoms. The van der Waals surface area contributed by atoms with E-state index in [1.165, 1.54) is 0 Å². The highest BCUT2D eigenvalue weighted by Crippen LogP contribution is 2.23. The lowest BCUT2D eigenvalue weighted by atomic mass is 10.1. The normalized spacial score (nSPS) is 24.9. The Labute approximate surface area is 94.4 Å². The zero-order valence-electron chi connectivity index (χ0n) is 9.53. The van der Waals surface area contributed by atoms with Crippen molar-refractivity contribution in [1.82, 2.24) is 10.2 Å². The molecule has 1 aromatic heterocycles. The first kappa shape index (κ1) is 11.0. The summed E-state index contributed by atoms with van der Waals surface area (Å²) >= 11 is 0. The Morgan fingerprint density at radius 1 is 1.62 bits per heavy atom. The molecule has 1 atom stereocenters. The first-order chi connectivity index (χ1) is 7.63. The molecular formula is C11H16N2O3. The molecule has 2 rings (SSSR count). The van der Waals surface area contributed by atoms with Gasteiger partial charge in [0.15, 0.2) is 0 Å². The van der Waals surface area contributed by atoms with Crippen LogP contribution >= 0.6 is 0 Å². The lowest BCUT2D eigenvalue weighted by Gasteiger charge is -2.20. The van der Waals surface area contributed by atoms with Crippen molar-refractivity contribution in [3.63, 3.8) is 0 Å². The van der Waals surface area contributed by atoms with Gasteiger partial charge in [0.2, 0.25) is 0 Å². The van der Waals surface area contributed by atoms with Gasteiger partial charge in [-0.1, -0.05) is 0 Å². The van der Waals surface area contributed by atoms with Crippen molar-refractivity contribution >= 4 is 6.09 Å². The van der Waals surface area contributed by atoms with E-state index in [0.717, 1.165) is 5.76 Å². The standard InChI is InChI=1S/C11H16N2O3/c1-11(7-12-2)8-13(10(14)16-11)6-9-4-3-5-15-9/h3-5,12H,6-8H2,1-2H3. The van der Waals surface area contributed by atoms with E-state index in [0.29, 0.717) is 19.6 Å². The summed E-state index contributed by atoms with van der Waals surface area (Å²) in [4.78, 5) is 13.3. The molecule has 1 aliphatic rings. The minimum atomic E-state index is -0.446. The summed E-state index contributed by atoms with van der Waals surface area (Å²) in [6, 6.07) is 3.66. The summed E-state index contributed by atoms with van der Waals surface area (Å²) in [5, 5.41) is 3.02. The average molecular weight is 224 g/mol. The van der Waals surface area contributed by atoms with Crippen molar-refractivity contribution in [3.8, 4) is 0 Å². The number of nitrogens with zero attached hydrogens (tertiary/aromatic N) is 1. The molecule has 1 aliphatic heterocycles. The second-order valence-corrected chi connectivity index (χ2v) is 4.28. The molecule has 1 fully saturated rings. The van der Waals surface area contributed by atoms with Crippen molar-refractivity contribution in [2.45, 2.75) is 19.1 Å². The summed E-state index contributed by atoms with van der Waals surface area (Å²) in [5.74, 6) is 0.769. The predicted octanol–water partition coefficient (Wildman–Crippen LogP) is 1.21. The van der Waals surface area contributed by atoms with E-state index in [1.54, 1.807) is 11.2 Å². The Hall–Kier alpha value is -1.49. The third-order valence-corrected chi connectivity index (χ3v) is 2.59. The maximum Gasteiger partial charge on any atom is 0.410 e. The monoisotopic (exact) mass is 224 g/mol. The third-order valence-electron chi connectivity index (χ3n) is 2.59. The van der Waals surface area contributed by atoms with Crippen LogP contribution in [-0.2, 0) is 11.3 Å². The molecule has 5 heteroatoms.